The van der Waals surface area contributed by atoms with Crippen LogP contribution in [-0.4, -0.2) is 47.5 Å². The molecule has 33 heavy (non-hydrogen) atoms. The SMILES string of the molecule is C=CCn1c(SC(C)C(=O)Nc2cc(S(=O)(=O)N(C)C)ccc2C)nc2ccccc2c1=O. The Morgan fingerprint density at radius 2 is 1.97 bits per heavy atom. The van der Waals surface area contributed by atoms with Gasteiger partial charge in [-0.05, 0) is 43.7 Å². The van der Waals surface area contributed by atoms with Gasteiger partial charge in [-0.25, -0.2) is 17.7 Å². The molecule has 10 heteroatoms. The number of para-hydroxylation sites is 1. The average Bonchev–Trinajstić information content (AvgIpc) is 2.77. The summed E-state index contributed by atoms with van der Waals surface area (Å²) in [5, 5.41) is 3.10. The molecule has 0 spiro atoms. The molecule has 1 unspecified atom stereocenters. The number of hydrogen-bond acceptors (Lipinski definition) is 6. The number of rotatable bonds is 8. The van der Waals surface area contributed by atoms with E-state index in [1.54, 1.807) is 50.3 Å². The van der Waals surface area contributed by atoms with E-state index < -0.39 is 15.3 Å². The Labute approximate surface area is 197 Å². The van der Waals surface area contributed by atoms with Gasteiger partial charge in [0.15, 0.2) is 5.16 Å². The topological polar surface area (TPSA) is 101 Å². The number of nitrogens with one attached hydrogen (secondary N) is 1. The molecular weight excluding hydrogens is 460 g/mol. The summed E-state index contributed by atoms with van der Waals surface area (Å²) in [6.45, 7) is 7.46. The number of sulfonamides is 1. The number of benzene rings is 2. The first-order valence-electron chi connectivity index (χ1n) is 10.2. The highest BCUT2D eigenvalue weighted by Crippen LogP contribution is 2.26. The lowest BCUT2D eigenvalue weighted by Gasteiger charge is -2.17. The molecule has 0 saturated carbocycles. The molecule has 0 aliphatic carbocycles. The van der Waals surface area contributed by atoms with Crippen LogP contribution in [0.3, 0.4) is 0 Å². The molecule has 0 radical (unpaired) electrons. The molecule has 0 bridgehead atoms. The monoisotopic (exact) mass is 486 g/mol. The van der Waals surface area contributed by atoms with E-state index in [0.717, 1.165) is 21.6 Å². The molecule has 0 fully saturated rings. The van der Waals surface area contributed by atoms with Crippen LogP contribution in [-0.2, 0) is 21.4 Å². The molecule has 1 N–H and O–H groups in total. The maximum absolute atomic E-state index is 13.0. The van der Waals surface area contributed by atoms with Crippen molar-refractivity contribution in [2.24, 2.45) is 0 Å². The second-order valence-corrected chi connectivity index (χ2v) is 11.1. The van der Waals surface area contributed by atoms with Crippen molar-refractivity contribution < 1.29 is 13.2 Å². The van der Waals surface area contributed by atoms with Crippen LogP contribution in [0.25, 0.3) is 10.9 Å². The highest BCUT2D eigenvalue weighted by atomic mass is 32.2. The number of hydrogen-bond donors (Lipinski definition) is 1. The average molecular weight is 487 g/mol. The molecule has 2 aromatic carbocycles. The number of nitrogens with zero attached hydrogens (tertiary/aromatic N) is 3. The summed E-state index contributed by atoms with van der Waals surface area (Å²) in [7, 11) is -0.739. The lowest BCUT2D eigenvalue weighted by Crippen LogP contribution is -2.27. The van der Waals surface area contributed by atoms with Gasteiger partial charge >= 0.3 is 0 Å². The molecule has 1 atom stereocenters. The van der Waals surface area contributed by atoms with E-state index in [0.29, 0.717) is 21.7 Å². The van der Waals surface area contributed by atoms with Gasteiger partial charge in [0.1, 0.15) is 0 Å². The number of anilines is 1. The zero-order valence-corrected chi connectivity index (χ0v) is 20.5. The Morgan fingerprint density at radius 3 is 2.64 bits per heavy atom. The van der Waals surface area contributed by atoms with Crippen LogP contribution in [0.15, 0.2) is 70.0 Å². The fourth-order valence-electron chi connectivity index (χ4n) is 3.08. The van der Waals surface area contributed by atoms with Crippen molar-refractivity contribution in [3.05, 3.63) is 71.0 Å². The maximum Gasteiger partial charge on any atom is 0.262 e. The van der Waals surface area contributed by atoms with Crippen LogP contribution in [0.1, 0.15) is 12.5 Å². The van der Waals surface area contributed by atoms with Crippen molar-refractivity contribution >= 4 is 44.3 Å². The van der Waals surface area contributed by atoms with Crippen LogP contribution >= 0.6 is 11.8 Å². The lowest BCUT2D eigenvalue weighted by molar-refractivity contribution is -0.115. The normalized spacial score (nSPS) is 12.6. The third kappa shape index (κ3) is 5.18. The van der Waals surface area contributed by atoms with Gasteiger partial charge in [0.2, 0.25) is 15.9 Å². The van der Waals surface area contributed by atoms with Gasteiger partial charge in [-0.1, -0.05) is 36.0 Å². The smallest absolute Gasteiger partial charge is 0.262 e. The van der Waals surface area contributed by atoms with Gasteiger partial charge in [-0.3, -0.25) is 14.2 Å². The molecule has 3 aromatic rings. The van der Waals surface area contributed by atoms with Gasteiger partial charge in [0.25, 0.3) is 5.56 Å². The standard InChI is InChI=1S/C23H26N4O4S2/c1-6-13-27-22(29)18-9-7-8-10-19(18)25-23(27)32-16(3)21(28)24-20-14-17(12-11-15(20)2)33(30,31)26(4)5/h6-12,14,16H,1,13H2,2-5H3,(H,24,28). The third-order valence-electron chi connectivity index (χ3n) is 5.04. The number of aromatic nitrogens is 2. The molecule has 1 aromatic heterocycles. The summed E-state index contributed by atoms with van der Waals surface area (Å²) in [5.74, 6) is -0.338. The molecule has 3 rings (SSSR count). The van der Waals surface area contributed by atoms with Crippen LogP contribution in [0.5, 0.6) is 0 Å². The summed E-state index contributed by atoms with van der Waals surface area (Å²) in [6, 6.07) is 11.6. The molecule has 174 valence electrons. The van der Waals surface area contributed by atoms with Crippen molar-refractivity contribution in [2.45, 2.75) is 35.7 Å². The van der Waals surface area contributed by atoms with Crippen molar-refractivity contribution in [1.82, 2.24) is 13.9 Å². The molecule has 0 saturated heterocycles. The zero-order valence-electron chi connectivity index (χ0n) is 18.9. The minimum absolute atomic E-state index is 0.0877. The predicted molar refractivity (Wildman–Crippen MR) is 132 cm³/mol. The van der Waals surface area contributed by atoms with Gasteiger partial charge in [0, 0.05) is 26.3 Å². The van der Waals surface area contributed by atoms with Crippen LogP contribution in [0, 0.1) is 6.92 Å². The van der Waals surface area contributed by atoms with E-state index in [2.05, 4.69) is 16.9 Å². The summed E-state index contributed by atoms with van der Waals surface area (Å²) in [5.41, 5.74) is 1.49. The van der Waals surface area contributed by atoms with E-state index in [1.165, 1.54) is 30.8 Å². The summed E-state index contributed by atoms with van der Waals surface area (Å²) in [4.78, 5) is 30.5. The van der Waals surface area contributed by atoms with Gasteiger partial charge < -0.3 is 5.32 Å². The Balaban J connectivity index is 1.89. The number of carbonyl (C=O) groups excluding carboxylic acids is 1. The number of fused-ring (bicyclic) bond motifs is 1. The Bertz CT molecular complexity index is 1380. The maximum atomic E-state index is 13.0. The number of aryl methyl sites for hydroxylation is 1. The minimum Gasteiger partial charge on any atom is -0.325 e. The first-order valence-corrected chi connectivity index (χ1v) is 12.5. The second-order valence-electron chi connectivity index (χ2n) is 7.63. The largest absolute Gasteiger partial charge is 0.325 e. The first-order chi connectivity index (χ1) is 15.6. The van der Waals surface area contributed by atoms with Crippen molar-refractivity contribution in [1.29, 1.82) is 0 Å². The van der Waals surface area contributed by atoms with Crippen molar-refractivity contribution in [3.63, 3.8) is 0 Å². The van der Waals surface area contributed by atoms with Crippen LogP contribution in [0.2, 0.25) is 0 Å². The fourth-order valence-corrected chi connectivity index (χ4v) is 4.93. The third-order valence-corrected chi connectivity index (χ3v) is 7.94. The van der Waals surface area contributed by atoms with E-state index in [9.17, 15) is 18.0 Å². The Kier molecular flexibility index (Phi) is 7.41. The van der Waals surface area contributed by atoms with E-state index in [4.69, 9.17) is 0 Å². The van der Waals surface area contributed by atoms with Crippen LogP contribution < -0.4 is 10.9 Å². The quantitative estimate of drug-likeness (QED) is 0.298. The van der Waals surface area contributed by atoms with E-state index in [-0.39, 0.29) is 22.9 Å². The predicted octanol–water partition coefficient (Wildman–Crippen LogP) is 3.26. The molecular formula is C23H26N4O4S2. The number of allylic oxidation sites excluding steroid dienone is 1. The van der Waals surface area contributed by atoms with E-state index in [1.807, 2.05) is 0 Å². The van der Waals surface area contributed by atoms with Gasteiger partial charge in [-0.2, -0.15) is 0 Å². The van der Waals surface area contributed by atoms with E-state index >= 15 is 0 Å². The first kappa shape index (κ1) is 24.7. The number of amides is 1. The van der Waals surface area contributed by atoms with Crippen LogP contribution in [0.4, 0.5) is 5.69 Å². The molecule has 0 aliphatic heterocycles. The molecule has 1 heterocycles. The van der Waals surface area contributed by atoms with Crippen molar-refractivity contribution in [3.8, 4) is 0 Å². The number of thioether (sulfide) groups is 1. The second kappa shape index (κ2) is 9.90. The molecule has 0 aliphatic rings. The minimum atomic E-state index is -3.64. The molecule has 1 amide bonds. The fraction of sp³-hybridized carbons (Fsp3) is 0.261. The summed E-state index contributed by atoms with van der Waals surface area (Å²) >= 11 is 1.15. The Morgan fingerprint density at radius 1 is 1.27 bits per heavy atom. The highest BCUT2D eigenvalue weighted by molar-refractivity contribution is 8.00. The molecule has 8 nitrogen and oxygen atoms in total. The highest BCUT2D eigenvalue weighted by Gasteiger charge is 2.22. The van der Waals surface area contributed by atoms with Gasteiger partial charge in [-0.15, -0.1) is 6.58 Å². The number of carbonyl (C=O) groups is 1. The summed E-state index contributed by atoms with van der Waals surface area (Å²) < 4.78 is 27.5. The Hall–Kier alpha value is -2.95. The summed E-state index contributed by atoms with van der Waals surface area (Å²) in [6.07, 6.45) is 1.60. The lowest BCUT2D eigenvalue weighted by atomic mass is 10.2. The zero-order chi connectivity index (χ0) is 24.3. The van der Waals surface area contributed by atoms with Crippen molar-refractivity contribution in [2.75, 3.05) is 19.4 Å². The van der Waals surface area contributed by atoms with Gasteiger partial charge in [0.05, 0.1) is 21.0 Å².